The molecule has 0 aromatic carbocycles. The Morgan fingerprint density at radius 3 is 2.17 bits per heavy atom. The first-order chi connectivity index (χ1) is 8.57. The maximum atomic E-state index is 9.12. The zero-order chi connectivity index (χ0) is 13.5. The van der Waals surface area contributed by atoms with Crippen LogP contribution in [0.4, 0.5) is 0 Å². The summed E-state index contributed by atoms with van der Waals surface area (Å²) in [4.78, 5) is 0. The molecule has 2 aliphatic heterocycles. The number of thioether (sulfide) groups is 1. The molecule has 1 saturated heterocycles. The van der Waals surface area contributed by atoms with Crippen molar-refractivity contribution >= 4 is 11.8 Å². The summed E-state index contributed by atoms with van der Waals surface area (Å²) in [6.45, 7) is -0.526. The number of allylic oxidation sites excluding steroid dienone is 2. The standard InChI is InChI=1S/C6H12O6.C5H6S/c7-1-2-3(8)4(9)5(10)6(11)12-2;1-2-4-6-5-3-1/h2-11H,1H2;1-4H,5H2/t2-,3-,4+,5-,6?;/m1./s1. The summed E-state index contributed by atoms with van der Waals surface area (Å²) in [5.74, 6) is 1.15. The third kappa shape index (κ3) is 4.36. The van der Waals surface area contributed by atoms with Crippen LogP contribution in [0.2, 0.25) is 0 Å². The van der Waals surface area contributed by atoms with Crippen molar-refractivity contribution in [1.82, 2.24) is 0 Å². The molecule has 104 valence electrons. The molecule has 5 N–H and O–H groups in total. The van der Waals surface area contributed by atoms with Crippen LogP contribution in [0.3, 0.4) is 0 Å². The number of ether oxygens (including phenoxy) is 1. The summed E-state index contributed by atoms with van der Waals surface area (Å²) in [6.07, 6.45) is -0.781. The van der Waals surface area contributed by atoms with Gasteiger partial charge in [-0.15, -0.1) is 11.8 Å². The highest BCUT2D eigenvalue weighted by molar-refractivity contribution is 8.02. The maximum Gasteiger partial charge on any atom is 0.184 e. The van der Waals surface area contributed by atoms with Crippen LogP contribution in [-0.2, 0) is 4.74 Å². The second-order valence-electron chi connectivity index (χ2n) is 3.81. The fraction of sp³-hybridized carbons (Fsp3) is 0.636. The number of aliphatic hydroxyl groups is 5. The maximum absolute atomic E-state index is 9.12. The van der Waals surface area contributed by atoms with Gasteiger partial charge in [-0.1, -0.05) is 18.2 Å². The van der Waals surface area contributed by atoms with Crippen molar-refractivity contribution in [2.24, 2.45) is 0 Å². The van der Waals surface area contributed by atoms with Crippen molar-refractivity contribution in [3.63, 3.8) is 0 Å². The number of hydrogen-bond donors (Lipinski definition) is 5. The minimum atomic E-state index is -1.57. The molecule has 0 aliphatic carbocycles. The van der Waals surface area contributed by atoms with E-state index in [0.717, 1.165) is 5.75 Å². The molecule has 0 amide bonds. The van der Waals surface area contributed by atoms with Crippen molar-refractivity contribution in [2.45, 2.75) is 30.7 Å². The van der Waals surface area contributed by atoms with Gasteiger partial charge in [0.05, 0.1) is 6.61 Å². The molecule has 0 radical (unpaired) electrons. The van der Waals surface area contributed by atoms with Crippen LogP contribution in [0.15, 0.2) is 23.6 Å². The van der Waals surface area contributed by atoms with Crippen LogP contribution in [0.5, 0.6) is 0 Å². The van der Waals surface area contributed by atoms with Gasteiger partial charge in [-0.3, -0.25) is 0 Å². The van der Waals surface area contributed by atoms with Gasteiger partial charge in [-0.2, -0.15) is 0 Å². The first kappa shape index (κ1) is 15.6. The largest absolute Gasteiger partial charge is 0.394 e. The zero-order valence-electron chi connectivity index (χ0n) is 9.66. The third-order valence-corrected chi connectivity index (χ3v) is 3.22. The van der Waals surface area contributed by atoms with Gasteiger partial charge in [-0.25, -0.2) is 0 Å². The third-order valence-electron chi connectivity index (χ3n) is 2.48. The van der Waals surface area contributed by atoms with E-state index in [1.54, 1.807) is 0 Å². The van der Waals surface area contributed by atoms with Gasteiger partial charge in [0.1, 0.15) is 24.4 Å². The molecule has 0 saturated carbocycles. The lowest BCUT2D eigenvalue weighted by Gasteiger charge is -2.37. The van der Waals surface area contributed by atoms with Gasteiger partial charge < -0.3 is 30.3 Å². The monoisotopic (exact) mass is 278 g/mol. The van der Waals surface area contributed by atoms with Crippen molar-refractivity contribution in [3.8, 4) is 0 Å². The summed E-state index contributed by atoms with van der Waals surface area (Å²) < 4.78 is 4.58. The van der Waals surface area contributed by atoms with Crippen LogP contribution in [0.25, 0.3) is 0 Å². The lowest BCUT2D eigenvalue weighted by Crippen LogP contribution is -2.58. The molecule has 1 unspecified atom stereocenters. The smallest absolute Gasteiger partial charge is 0.184 e. The average molecular weight is 278 g/mol. The second-order valence-corrected chi connectivity index (χ2v) is 4.75. The Morgan fingerprint density at radius 2 is 1.78 bits per heavy atom. The van der Waals surface area contributed by atoms with E-state index in [9.17, 15) is 0 Å². The van der Waals surface area contributed by atoms with Gasteiger partial charge in [0.2, 0.25) is 0 Å². The topological polar surface area (TPSA) is 110 Å². The minimum Gasteiger partial charge on any atom is -0.394 e. The summed E-state index contributed by atoms with van der Waals surface area (Å²) >= 11 is 1.83. The first-order valence-electron chi connectivity index (χ1n) is 5.49. The van der Waals surface area contributed by atoms with Crippen LogP contribution in [0.1, 0.15) is 0 Å². The number of rotatable bonds is 1. The number of aliphatic hydroxyl groups excluding tert-OH is 5. The van der Waals surface area contributed by atoms with Gasteiger partial charge >= 0.3 is 0 Å². The molecular formula is C11H18O6S. The van der Waals surface area contributed by atoms with Gasteiger partial charge in [0, 0.05) is 5.75 Å². The fourth-order valence-corrected chi connectivity index (χ4v) is 1.96. The molecule has 0 aromatic heterocycles. The molecule has 2 aliphatic rings. The molecule has 2 rings (SSSR count). The number of hydrogen-bond acceptors (Lipinski definition) is 7. The molecule has 0 aromatic rings. The van der Waals surface area contributed by atoms with E-state index < -0.39 is 37.3 Å². The van der Waals surface area contributed by atoms with Crippen LogP contribution < -0.4 is 0 Å². The fourth-order valence-electron chi connectivity index (χ4n) is 1.43. The van der Waals surface area contributed by atoms with E-state index >= 15 is 0 Å². The van der Waals surface area contributed by atoms with Crippen molar-refractivity contribution in [1.29, 1.82) is 0 Å². The van der Waals surface area contributed by atoms with Crippen molar-refractivity contribution in [2.75, 3.05) is 12.4 Å². The molecule has 5 atom stereocenters. The highest BCUT2D eigenvalue weighted by Crippen LogP contribution is 2.18. The van der Waals surface area contributed by atoms with Gasteiger partial charge in [0.25, 0.3) is 0 Å². The Morgan fingerprint density at radius 1 is 1.06 bits per heavy atom. The summed E-state index contributed by atoms with van der Waals surface area (Å²) in [5.41, 5.74) is 0. The van der Waals surface area contributed by atoms with Gasteiger partial charge in [0.15, 0.2) is 6.29 Å². The van der Waals surface area contributed by atoms with E-state index in [1.165, 1.54) is 0 Å². The van der Waals surface area contributed by atoms with E-state index in [-0.39, 0.29) is 0 Å². The molecule has 1 fully saturated rings. The van der Waals surface area contributed by atoms with E-state index in [4.69, 9.17) is 25.5 Å². The average Bonchev–Trinajstić information content (AvgIpc) is 2.43. The molecule has 0 spiro atoms. The van der Waals surface area contributed by atoms with E-state index in [0.29, 0.717) is 0 Å². The highest BCUT2D eigenvalue weighted by atomic mass is 32.2. The lowest BCUT2D eigenvalue weighted by molar-refractivity contribution is -0.286. The summed E-state index contributed by atoms with van der Waals surface area (Å²) in [5, 5.41) is 46.8. The zero-order valence-corrected chi connectivity index (χ0v) is 10.5. The van der Waals surface area contributed by atoms with Crippen molar-refractivity contribution in [3.05, 3.63) is 23.6 Å². The predicted octanol–water partition coefficient (Wildman–Crippen LogP) is -1.42. The Balaban J connectivity index is 0.000000225. The Hall–Kier alpha value is -0.410. The SMILES string of the molecule is C1=CCSC=C1.OC[C@H]1OC(O)[C@H](O)[C@@H](O)[C@@H]1O. The first-order valence-corrected chi connectivity index (χ1v) is 6.54. The van der Waals surface area contributed by atoms with Crippen molar-refractivity contribution < 1.29 is 30.3 Å². The van der Waals surface area contributed by atoms with Gasteiger partial charge in [-0.05, 0) is 5.41 Å². The lowest BCUT2D eigenvalue weighted by atomic mass is 10.00. The molecule has 18 heavy (non-hydrogen) atoms. The molecule has 0 bridgehead atoms. The Bertz CT molecular complexity index is 279. The molecular weight excluding hydrogens is 260 g/mol. The quantitative estimate of drug-likeness (QED) is 0.400. The van der Waals surface area contributed by atoms with Crippen LogP contribution in [0, 0.1) is 0 Å². The Labute approximate surface area is 109 Å². The molecule has 6 nitrogen and oxygen atoms in total. The highest BCUT2D eigenvalue weighted by Gasteiger charge is 2.42. The summed E-state index contributed by atoms with van der Waals surface area (Å²) in [6, 6.07) is 0. The minimum absolute atomic E-state index is 0.526. The van der Waals surface area contributed by atoms with E-state index in [1.807, 2.05) is 17.8 Å². The van der Waals surface area contributed by atoms with E-state index in [2.05, 4.69) is 22.3 Å². The summed E-state index contributed by atoms with van der Waals surface area (Å²) in [7, 11) is 0. The Kier molecular flexibility index (Phi) is 6.87. The molecule has 7 heteroatoms. The second kappa shape index (κ2) is 7.90. The van der Waals surface area contributed by atoms with Crippen LogP contribution >= 0.6 is 11.8 Å². The normalized spacial score (nSPS) is 39.1. The molecule has 2 heterocycles. The predicted molar refractivity (Wildman–Crippen MR) is 66.7 cm³/mol. The van der Waals surface area contributed by atoms with Crippen LogP contribution in [-0.4, -0.2) is 68.6 Å².